The molecule has 1 aliphatic rings. The third-order valence-electron chi connectivity index (χ3n) is 2.92. The molecule has 1 saturated heterocycles. The lowest BCUT2D eigenvalue weighted by atomic mass is 10.2. The molecule has 1 aliphatic heterocycles. The summed E-state index contributed by atoms with van der Waals surface area (Å²) in [5.74, 6) is 0. The highest BCUT2D eigenvalue weighted by molar-refractivity contribution is 9.10. The maximum Gasteiger partial charge on any atom is 0.0331 e. The van der Waals surface area contributed by atoms with Crippen LogP contribution in [0.5, 0.6) is 0 Å². The Morgan fingerprint density at radius 3 is 3.20 bits per heavy atom. The highest BCUT2D eigenvalue weighted by Crippen LogP contribution is 2.25. The number of halogens is 1. The van der Waals surface area contributed by atoms with Crippen LogP contribution in [0.1, 0.15) is 17.7 Å². The van der Waals surface area contributed by atoms with Crippen LogP contribution in [0.4, 0.5) is 0 Å². The predicted molar refractivity (Wildman–Crippen MR) is 69.4 cm³/mol. The quantitative estimate of drug-likeness (QED) is 0.917. The van der Waals surface area contributed by atoms with Gasteiger partial charge in [-0.15, -0.1) is 11.3 Å². The van der Waals surface area contributed by atoms with Crippen LogP contribution in [0, 0.1) is 0 Å². The molecule has 0 aliphatic carbocycles. The average Bonchev–Trinajstić information content (AvgIpc) is 2.78. The summed E-state index contributed by atoms with van der Waals surface area (Å²) in [6.45, 7) is 3.48. The minimum absolute atomic E-state index is 0.732. The third-order valence-corrected chi connectivity index (χ3v) is 4.60. The van der Waals surface area contributed by atoms with Gasteiger partial charge in [-0.25, -0.2) is 0 Å². The fraction of sp³-hybridized carbons (Fsp3) is 0.636. The van der Waals surface area contributed by atoms with Crippen LogP contribution in [-0.4, -0.2) is 31.1 Å². The number of rotatable bonds is 4. The molecule has 0 radical (unpaired) electrons. The minimum atomic E-state index is 0.732. The Morgan fingerprint density at radius 2 is 2.53 bits per heavy atom. The smallest absolute Gasteiger partial charge is 0.0331 e. The van der Waals surface area contributed by atoms with Gasteiger partial charge in [0.1, 0.15) is 0 Å². The fourth-order valence-corrected chi connectivity index (χ4v) is 3.68. The van der Waals surface area contributed by atoms with Crippen molar-refractivity contribution in [3.63, 3.8) is 0 Å². The molecule has 2 nitrogen and oxygen atoms in total. The number of likely N-dealkylation sites (N-methyl/N-ethyl adjacent to an activating group) is 1. The average molecular weight is 289 g/mol. The summed E-state index contributed by atoms with van der Waals surface area (Å²) < 4.78 is 1.21. The van der Waals surface area contributed by atoms with Crippen molar-refractivity contribution in [2.75, 3.05) is 20.1 Å². The molecule has 1 unspecified atom stereocenters. The van der Waals surface area contributed by atoms with Crippen LogP contribution in [-0.2, 0) is 6.54 Å². The summed E-state index contributed by atoms with van der Waals surface area (Å²) in [7, 11) is 2.04. The lowest BCUT2D eigenvalue weighted by Gasteiger charge is -2.23. The van der Waals surface area contributed by atoms with Crippen LogP contribution >= 0.6 is 27.3 Å². The SMILES string of the molecule is CNCC1CCCN1Cc1cc(Br)cs1. The first-order valence-corrected chi connectivity index (χ1v) is 7.08. The van der Waals surface area contributed by atoms with E-state index in [0.29, 0.717) is 0 Å². The van der Waals surface area contributed by atoms with Gasteiger partial charge in [-0.1, -0.05) is 0 Å². The standard InChI is InChI=1S/C11H17BrN2S/c1-13-6-10-3-2-4-14(10)7-11-5-9(12)8-15-11/h5,8,10,13H,2-4,6-7H2,1H3. The van der Waals surface area contributed by atoms with Crippen molar-refractivity contribution in [1.29, 1.82) is 0 Å². The molecule has 15 heavy (non-hydrogen) atoms. The van der Waals surface area contributed by atoms with Gasteiger partial charge >= 0.3 is 0 Å². The topological polar surface area (TPSA) is 15.3 Å². The van der Waals surface area contributed by atoms with E-state index in [9.17, 15) is 0 Å². The zero-order valence-electron chi connectivity index (χ0n) is 9.00. The second kappa shape index (κ2) is 5.43. The molecular formula is C11H17BrN2S. The maximum atomic E-state index is 3.51. The second-order valence-electron chi connectivity index (χ2n) is 4.06. The molecule has 4 heteroatoms. The molecule has 2 rings (SSSR count). The van der Waals surface area contributed by atoms with Gasteiger partial charge in [-0.05, 0) is 48.4 Å². The Labute approximate surface area is 104 Å². The number of thiophene rings is 1. The van der Waals surface area contributed by atoms with Gasteiger partial charge in [-0.2, -0.15) is 0 Å². The van der Waals surface area contributed by atoms with Crippen molar-refractivity contribution in [2.45, 2.75) is 25.4 Å². The molecule has 0 spiro atoms. The lowest BCUT2D eigenvalue weighted by molar-refractivity contribution is 0.244. The molecular weight excluding hydrogens is 272 g/mol. The van der Waals surface area contributed by atoms with E-state index in [2.05, 4.69) is 37.6 Å². The van der Waals surface area contributed by atoms with Crippen LogP contribution in [0.2, 0.25) is 0 Å². The van der Waals surface area contributed by atoms with Crippen molar-refractivity contribution in [2.24, 2.45) is 0 Å². The first kappa shape index (κ1) is 11.6. The zero-order valence-corrected chi connectivity index (χ0v) is 11.4. The Balaban J connectivity index is 1.93. The predicted octanol–water partition coefficient (Wildman–Crippen LogP) is 2.69. The van der Waals surface area contributed by atoms with E-state index < -0.39 is 0 Å². The van der Waals surface area contributed by atoms with Gasteiger partial charge in [0.2, 0.25) is 0 Å². The van der Waals surface area contributed by atoms with Crippen molar-refractivity contribution in [3.05, 3.63) is 20.8 Å². The Morgan fingerprint density at radius 1 is 1.67 bits per heavy atom. The zero-order chi connectivity index (χ0) is 10.7. The molecule has 84 valence electrons. The number of nitrogens with one attached hydrogen (secondary N) is 1. The summed E-state index contributed by atoms with van der Waals surface area (Å²) in [6, 6.07) is 2.97. The summed E-state index contributed by atoms with van der Waals surface area (Å²) >= 11 is 5.35. The summed E-state index contributed by atoms with van der Waals surface area (Å²) in [4.78, 5) is 4.05. The molecule has 2 heterocycles. The monoisotopic (exact) mass is 288 g/mol. The fourth-order valence-electron chi connectivity index (χ4n) is 2.21. The Hall–Kier alpha value is 0.1000. The molecule has 0 bridgehead atoms. The molecule has 0 saturated carbocycles. The molecule has 1 atom stereocenters. The minimum Gasteiger partial charge on any atom is -0.318 e. The molecule has 1 N–H and O–H groups in total. The first-order valence-electron chi connectivity index (χ1n) is 5.41. The van der Waals surface area contributed by atoms with Crippen molar-refractivity contribution in [1.82, 2.24) is 10.2 Å². The third kappa shape index (κ3) is 3.03. The van der Waals surface area contributed by atoms with E-state index in [1.54, 1.807) is 0 Å². The number of likely N-dealkylation sites (tertiary alicyclic amines) is 1. The Bertz CT molecular complexity index is 313. The summed E-state index contributed by atoms with van der Waals surface area (Å²) in [5, 5.41) is 5.45. The largest absolute Gasteiger partial charge is 0.318 e. The summed E-state index contributed by atoms with van der Waals surface area (Å²) in [6.07, 6.45) is 2.69. The van der Waals surface area contributed by atoms with Gasteiger partial charge in [0.15, 0.2) is 0 Å². The van der Waals surface area contributed by atoms with Gasteiger partial charge in [0.25, 0.3) is 0 Å². The van der Waals surface area contributed by atoms with E-state index in [-0.39, 0.29) is 0 Å². The summed E-state index contributed by atoms with van der Waals surface area (Å²) in [5.41, 5.74) is 0. The maximum absolute atomic E-state index is 3.51. The second-order valence-corrected chi connectivity index (χ2v) is 5.97. The van der Waals surface area contributed by atoms with Crippen molar-refractivity contribution >= 4 is 27.3 Å². The highest BCUT2D eigenvalue weighted by atomic mass is 79.9. The van der Waals surface area contributed by atoms with E-state index in [1.807, 2.05) is 18.4 Å². The first-order chi connectivity index (χ1) is 7.29. The van der Waals surface area contributed by atoms with Gasteiger partial charge in [0.05, 0.1) is 0 Å². The van der Waals surface area contributed by atoms with Crippen LogP contribution in [0.15, 0.2) is 15.9 Å². The van der Waals surface area contributed by atoms with Gasteiger partial charge < -0.3 is 5.32 Å². The highest BCUT2D eigenvalue weighted by Gasteiger charge is 2.23. The Kier molecular flexibility index (Phi) is 4.20. The molecule has 1 aromatic rings. The van der Waals surface area contributed by atoms with Gasteiger partial charge in [0, 0.05) is 33.9 Å². The normalized spacial score (nSPS) is 22.4. The number of hydrogen-bond acceptors (Lipinski definition) is 3. The van der Waals surface area contributed by atoms with Crippen LogP contribution < -0.4 is 5.32 Å². The van der Waals surface area contributed by atoms with Crippen molar-refractivity contribution in [3.8, 4) is 0 Å². The number of nitrogens with zero attached hydrogens (tertiary/aromatic N) is 1. The lowest BCUT2D eigenvalue weighted by Crippen LogP contribution is -2.36. The van der Waals surface area contributed by atoms with E-state index in [0.717, 1.165) is 19.1 Å². The van der Waals surface area contributed by atoms with Crippen molar-refractivity contribution < 1.29 is 0 Å². The number of hydrogen-bond donors (Lipinski definition) is 1. The molecule has 0 aromatic carbocycles. The molecule has 1 aromatic heterocycles. The van der Waals surface area contributed by atoms with E-state index in [1.165, 1.54) is 28.7 Å². The van der Waals surface area contributed by atoms with Gasteiger partial charge in [-0.3, -0.25) is 4.90 Å². The molecule has 0 amide bonds. The van der Waals surface area contributed by atoms with E-state index in [4.69, 9.17) is 0 Å². The van der Waals surface area contributed by atoms with Crippen LogP contribution in [0.3, 0.4) is 0 Å². The molecule has 1 fully saturated rings. The van der Waals surface area contributed by atoms with E-state index >= 15 is 0 Å². The van der Waals surface area contributed by atoms with Crippen LogP contribution in [0.25, 0.3) is 0 Å².